The van der Waals surface area contributed by atoms with Gasteiger partial charge >= 0.3 is 0 Å². The number of alkyl halides is 1. The molecule has 4 nitrogen and oxygen atoms in total. The van der Waals surface area contributed by atoms with Crippen molar-refractivity contribution >= 4 is 17.3 Å². The molecule has 1 unspecified atom stereocenters. The quantitative estimate of drug-likeness (QED) is 0.769. The molecule has 1 aliphatic heterocycles. The van der Waals surface area contributed by atoms with E-state index in [4.69, 9.17) is 11.6 Å². The fourth-order valence-electron chi connectivity index (χ4n) is 2.06. The van der Waals surface area contributed by atoms with Crippen molar-refractivity contribution in [2.24, 2.45) is 12.5 Å². The molecule has 0 aromatic carbocycles. The monoisotopic (exact) mass is 259 g/mol. The van der Waals surface area contributed by atoms with E-state index in [2.05, 4.69) is 5.10 Å². The molecule has 0 saturated carbocycles. The van der Waals surface area contributed by atoms with Gasteiger partial charge in [-0.05, 0) is 0 Å². The molecule has 0 aliphatic carbocycles. The van der Waals surface area contributed by atoms with Crippen LogP contribution in [0, 0.1) is 5.41 Å². The number of hydrogen-bond donors (Lipinski definition) is 0. The summed E-state index contributed by atoms with van der Waals surface area (Å²) in [7, 11) is 1.53. The van der Waals surface area contributed by atoms with Gasteiger partial charge in [0.2, 0.25) is 0 Å². The molecular formula is C11H15ClFN3O. The van der Waals surface area contributed by atoms with Gasteiger partial charge in [-0.25, -0.2) is 9.07 Å². The third-order valence-electron chi connectivity index (χ3n) is 3.18. The maximum Gasteiger partial charge on any atom is 0.290 e. The zero-order valence-electron chi connectivity index (χ0n) is 10.1. The van der Waals surface area contributed by atoms with E-state index >= 15 is 0 Å². The summed E-state index contributed by atoms with van der Waals surface area (Å²) in [6.45, 7) is 4.43. The minimum Gasteiger partial charge on any atom is -0.363 e. The normalized spacial score (nSPS) is 23.1. The number of hydrogen-bond acceptors (Lipinski definition) is 3. The van der Waals surface area contributed by atoms with Crippen LogP contribution in [0.1, 0.15) is 13.8 Å². The first-order valence-electron chi connectivity index (χ1n) is 5.44. The van der Waals surface area contributed by atoms with E-state index in [1.54, 1.807) is 4.90 Å². The van der Waals surface area contributed by atoms with Gasteiger partial charge in [-0.15, -0.1) is 0 Å². The van der Waals surface area contributed by atoms with Gasteiger partial charge in [-0.2, -0.15) is 5.10 Å². The second kappa shape index (κ2) is 3.98. The van der Waals surface area contributed by atoms with E-state index in [0.717, 1.165) is 0 Å². The highest BCUT2D eigenvalue weighted by atomic mass is 35.5. The second-order valence-electron chi connectivity index (χ2n) is 5.12. The average Bonchev–Trinajstić information content (AvgIpc) is 2.47. The van der Waals surface area contributed by atoms with Crippen molar-refractivity contribution in [3.8, 4) is 0 Å². The van der Waals surface area contributed by atoms with Crippen molar-refractivity contribution in [3.63, 3.8) is 0 Å². The highest BCUT2D eigenvalue weighted by molar-refractivity contribution is 6.29. The summed E-state index contributed by atoms with van der Waals surface area (Å²) >= 11 is 5.82. The standard InChI is InChI=1S/C11H15ClFN3O/c1-11(2)6-16(5-8(11)13)7-4-9(12)14-15(3)10(7)17/h4,8H,5-6H2,1-3H3. The predicted octanol–water partition coefficient (Wildman–Crippen LogP) is 1.62. The Morgan fingerprint density at radius 1 is 1.59 bits per heavy atom. The van der Waals surface area contributed by atoms with Crippen molar-refractivity contribution in [2.45, 2.75) is 20.0 Å². The molecule has 1 saturated heterocycles. The van der Waals surface area contributed by atoms with Crippen LogP contribution in [0.5, 0.6) is 0 Å². The SMILES string of the molecule is Cn1nc(Cl)cc(N2CC(F)C(C)(C)C2)c1=O. The molecule has 1 aromatic heterocycles. The van der Waals surface area contributed by atoms with E-state index in [1.165, 1.54) is 17.8 Å². The van der Waals surface area contributed by atoms with E-state index < -0.39 is 11.6 Å². The summed E-state index contributed by atoms with van der Waals surface area (Å²) in [4.78, 5) is 13.6. The molecule has 0 N–H and O–H groups in total. The van der Waals surface area contributed by atoms with Crippen LogP contribution in [0.2, 0.25) is 5.15 Å². The van der Waals surface area contributed by atoms with Crippen molar-refractivity contribution in [2.75, 3.05) is 18.0 Å². The lowest BCUT2D eigenvalue weighted by molar-refractivity contribution is 0.203. The zero-order chi connectivity index (χ0) is 12.8. The lowest BCUT2D eigenvalue weighted by atomic mass is 9.91. The van der Waals surface area contributed by atoms with Crippen LogP contribution in [0.4, 0.5) is 10.1 Å². The number of halogens is 2. The first kappa shape index (κ1) is 12.4. The van der Waals surface area contributed by atoms with Crippen molar-refractivity contribution in [1.29, 1.82) is 0 Å². The van der Waals surface area contributed by atoms with Crippen molar-refractivity contribution < 1.29 is 4.39 Å². The Kier molecular flexibility index (Phi) is 2.89. The molecule has 6 heteroatoms. The molecule has 94 valence electrons. The first-order valence-corrected chi connectivity index (χ1v) is 5.82. The highest BCUT2D eigenvalue weighted by Gasteiger charge is 2.40. The third kappa shape index (κ3) is 2.16. The number of nitrogens with zero attached hydrogens (tertiary/aromatic N) is 3. The fraction of sp³-hybridized carbons (Fsp3) is 0.636. The van der Waals surface area contributed by atoms with Crippen LogP contribution in [0.25, 0.3) is 0 Å². The van der Waals surface area contributed by atoms with Gasteiger partial charge in [0.05, 0.1) is 0 Å². The van der Waals surface area contributed by atoms with Gasteiger partial charge in [-0.3, -0.25) is 4.79 Å². The Morgan fingerprint density at radius 3 is 2.76 bits per heavy atom. The third-order valence-corrected chi connectivity index (χ3v) is 3.37. The summed E-state index contributed by atoms with van der Waals surface area (Å²) in [5.41, 5.74) is -0.277. The minimum atomic E-state index is -0.945. The molecule has 1 fully saturated rings. The van der Waals surface area contributed by atoms with Gasteiger partial charge in [0, 0.05) is 31.6 Å². The van der Waals surface area contributed by atoms with Crippen LogP contribution < -0.4 is 10.5 Å². The number of anilines is 1. The Morgan fingerprint density at radius 2 is 2.24 bits per heavy atom. The van der Waals surface area contributed by atoms with Crippen LogP contribution in [-0.2, 0) is 7.05 Å². The van der Waals surface area contributed by atoms with Gasteiger partial charge < -0.3 is 4.90 Å². The van der Waals surface area contributed by atoms with Crippen LogP contribution in [0.3, 0.4) is 0 Å². The summed E-state index contributed by atoms with van der Waals surface area (Å²) in [5, 5.41) is 4.05. The summed E-state index contributed by atoms with van der Waals surface area (Å²) in [5.74, 6) is 0. The van der Waals surface area contributed by atoms with E-state index in [0.29, 0.717) is 12.2 Å². The Labute approximate surface area is 104 Å². The minimum absolute atomic E-state index is 0.225. The first-order chi connectivity index (χ1) is 7.81. The molecule has 0 spiro atoms. The maximum atomic E-state index is 13.8. The van der Waals surface area contributed by atoms with E-state index in [9.17, 15) is 9.18 Å². The lowest BCUT2D eigenvalue weighted by Gasteiger charge is -2.21. The van der Waals surface area contributed by atoms with Crippen LogP contribution >= 0.6 is 11.6 Å². The van der Waals surface area contributed by atoms with E-state index in [-0.39, 0.29) is 17.3 Å². The van der Waals surface area contributed by atoms with Crippen LogP contribution in [-0.4, -0.2) is 29.0 Å². The van der Waals surface area contributed by atoms with Crippen LogP contribution in [0.15, 0.2) is 10.9 Å². The molecule has 1 aromatic rings. The maximum absolute atomic E-state index is 13.8. The Balaban J connectivity index is 2.40. The smallest absolute Gasteiger partial charge is 0.290 e. The average molecular weight is 260 g/mol. The molecule has 1 atom stereocenters. The predicted molar refractivity (Wildman–Crippen MR) is 65.4 cm³/mol. The summed E-state index contributed by atoms with van der Waals surface area (Å²) in [6.07, 6.45) is -0.945. The van der Waals surface area contributed by atoms with Gasteiger partial charge in [0.15, 0.2) is 5.15 Å². The van der Waals surface area contributed by atoms with Crippen molar-refractivity contribution in [1.82, 2.24) is 9.78 Å². The molecule has 0 amide bonds. The molecular weight excluding hydrogens is 245 g/mol. The van der Waals surface area contributed by atoms with E-state index in [1.807, 2.05) is 13.8 Å². The number of aromatic nitrogens is 2. The second-order valence-corrected chi connectivity index (χ2v) is 5.50. The molecule has 1 aliphatic rings. The zero-order valence-corrected chi connectivity index (χ0v) is 10.8. The largest absolute Gasteiger partial charge is 0.363 e. The summed E-state index contributed by atoms with van der Waals surface area (Å²) in [6, 6.07) is 1.50. The lowest BCUT2D eigenvalue weighted by Crippen LogP contribution is -2.31. The Bertz CT molecular complexity index is 500. The number of rotatable bonds is 1. The van der Waals surface area contributed by atoms with Gasteiger partial charge in [-0.1, -0.05) is 25.4 Å². The summed E-state index contributed by atoms with van der Waals surface area (Å²) < 4.78 is 14.9. The van der Waals surface area contributed by atoms with Gasteiger partial charge in [0.25, 0.3) is 5.56 Å². The molecule has 2 heterocycles. The molecule has 0 radical (unpaired) electrons. The van der Waals surface area contributed by atoms with Crippen molar-refractivity contribution in [3.05, 3.63) is 21.6 Å². The fourth-order valence-corrected chi connectivity index (χ4v) is 2.28. The molecule has 2 rings (SSSR count). The topological polar surface area (TPSA) is 38.1 Å². The number of aryl methyl sites for hydroxylation is 1. The Hall–Kier alpha value is -1.10. The highest BCUT2D eigenvalue weighted by Crippen LogP contribution is 2.34. The molecule has 0 bridgehead atoms. The van der Waals surface area contributed by atoms with Gasteiger partial charge in [0.1, 0.15) is 11.9 Å². The molecule has 17 heavy (non-hydrogen) atoms.